The van der Waals surface area contributed by atoms with E-state index in [9.17, 15) is 0 Å². The van der Waals surface area contributed by atoms with E-state index in [4.69, 9.17) is 0 Å². The molecule has 0 aliphatic heterocycles. The third-order valence-corrected chi connectivity index (χ3v) is 2.89. The molecule has 0 saturated heterocycles. The molecule has 2 heteroatoms. The van der Waals surface area contributed by atoms with Crippen LogP contribution in [-0.2, 0) is 21.1 Å². The van der Waals surface area contributed by atoms with Crippen molar-refractivity contribution in [3.8, 4) is 11.1 Å². The Bertz CT molecular complexity index is 654. The Kier molecular flexibility index (Phi) is 3.93. The molecular weight excluding hydrogens is 401 g/mol. The molecule has 92 valence electrons. The first kappa shape index (κ1) is 13.0. The van der Waals surface area contributed by atoms with E-state index in [1.165, 1.54) is 10.9 Å². The number of rotatable bonds is 1. The van der Waals surface area contributed by atoms with Gasteiger partial charge in [-0.05, 0) is 11.5 Å². The van der Waals surface area contributed by atoms with Crippen molar-refractivity contribution in [3.05, 3.63) is 66.4 Å². The number of fused-ring (bicyclic) bond motifs is 1. The fourth-order valence-corrected chi connectivity index (χ4v) is 1.99. The van der Waals surface area contributed by atoms with Gasteiger partial charge in [-0.15, -0.1) is 35.4 Å². The number of benzene rings is 2. The van der Waals surface area contributed by atoms with Gasteiger partial charge in [-0.1, -0.05) is 36.8 Å². The van der Waals surface area contributed by atoms with E-state index >= 15 is 0 Å². The number of hydrogen-bond donors (Lipinski definition) is 0. The monoisotopic (exact) mass is 413 g/mol. The molecule has 0 bridgehead atoms. The predicted octanol–water partition coefficient (Wildman–Crippen LogP) is 4.01. The summed E-state index contributed by atoms with van der Waals surface area (Å²) in [4.78, 5) is 4.46. The number of para-hydroxylation sites is 1. The van der Waals surface area contributed by atoms with Gasteiger partial charge >= 0.3 is 0 Å². The van der Waals surface area contributed by atoms with Crippen molar-refractivity contribution < 1.29 is 21.1 Å². The van der Waals surface area contributed by atoms with Gasteiger partial charge in [0.15, 0.2) is 0 Å². The van der Waals surface area contributed by atoms with Crippen molar-refractivity contribution in [2.45, 2.75) is 6.92 Å². The molecule has 0 fully saturated rings. The Morgan fingerprint density at radius 3 is 2.61 bits per heavy atom. The Morgan fingerprint density at radius 1 is 1.00 bits per heavy atom. The topological polar surface area (TPSA) is 12.9 Å². The van der Waals surface area contributed by atoms with E-state index in [-0.39, 0.29) is 21.1 Å². The molecular formula is C16H12NPt-. The third-order valence-electron chi connectivity index (χ3n) is 2.89. The number of hydrogen-bond acceptors (Lipinski definition) is 1. The Labute approximate surface area is 121 Å². The van der Waals surface area contributed by atoms with Gasteiger partial charge in [0.05, 0.1) is 0 Å². The van der Waals surface area contributed by atoms with Gasteiger partial charge in [0.2, 0.25) is 0 Å². The first-order valence-electron chi connectivity index (χ1n) is 5.67. The summed E-state index contributed by atoms with van der Waals surface area (Å²) in [5.74, 6) is 0. The van der Waals surface area contributed by atoms with Crippen molar-refractivity contribution in [2.75, 3.05) is 0 Å². The number of aryl methyl sites for hydroxylation is 1. The quantitative estimate of drug-likeness (QED) is 0.550. The SMILES string of the molecule is Cc1c[c-]c(-c2cccc3cccnc23)cc1.[Pt]. The van der Waals surface area contributed by atoms with E-state index in [2.05, 4.69) is 54.4 Å². The molecule has 3 aromatic rings. The molecule has 0 N–H and O–H groups in total. The van der Waals surface area contributed by atoms with E-state index < -0.39 is 0 Å². The number of pyridine rings is 1. The standard InChI is InChI=1S/C16H12N.Pt/c1-12-7-9-13(10-8-12)15-6-2-4-14-5-3-11-17-16(14)15;/h2-9,11H,1H3;/q-1;. The molecule has 1 heterocycles. The van der Waals surface area contributed by atoms with Gasteiger partial charge in [0.1, 0.15) is 0 Å². The summed E-state index contributed by atoms with van der Waals surface area (Å²) in [7, 11) is 0. The van der Waals surface area contributed by atoms with Crippen LogP contribution in [0.3, 0.4) is 0 Å². The van der Waals surface area contributed by atoms with Crippen LogP contribution in [-0.4, -0.2) is 4.98 Å². The predicted molar refractivity (Wildman–Crippen MR) is 70.8 cm³/mol. The second-order valence-corrected chi connectivity index (χ2v) is 4.16. The van der Waals surface area contributed by atoms with Crippen LogP contribution in [0.15, 0.2) is 54.7 Å². The molecule has 0 saturated carbocycles. The molecule has 3 rings (SSSR count). The van der Waals surface area contributed by atoms with Gasteiger partial charge in [0, 0.05) is 32.8 Å². The second kappa shape index (κ2) is 5.45. The van der Waals surface area contributed by atoms with Crippen LogP contribution in [0, 0.1) is 13.0 Å². The normalized spacial score (nSPS) is 10.1. The molecule has 0 radical (unpaired) electrons. The average Bonchev–Trinajstić information content (AvgIpc) is 2.39. The number of nitrogens with zero attached hydrogens (tertiary/aromatic N) is 1. The van der Waals surface area contributed by atoms with Gasteiger partial charge in [-0.25, -0.2) is 0 Å². The Hall–Kier alpha value is -1.46. The maximum Gasteiger partial charge on any atom is 0.0366 e. The van der Waals surface area contributed by atoms with Crippen molar-refractivity contribution in [1.82, 2.24) is 4.98 Å². The van der Waals surface area contributed by atoms with Gasteiger partial charge < -0.3 is 0 Å². The molecule has 0 spiro atoms. The van der Waals surface area contributed by atoms with E-state index in [0.29, 0.717) is 0 Å². The zero-order valence-corrected chi connectivity index (χ0v) is 12.2. The minimum absolute atomic E-state index is 0. The van der Waals surface area contributed by atoms with Crippen LogP contribution >= 0.6 is 0 Å². The zero-order valence-electron chi connectivity index (χ0n) is 9.96. The van der Waals surface area contributed by atoms with E-state index in [1.807, 2.05) is 18.3 Å². The van der Waals surface area contributed by atoms with E-state index in [0.717, 1.165) is 16.6 Å². The van der Waals surface area contributed by atoms with Crippen LogP contribution in [0.25, 0.3) is 22.0 Å². The van der Waals surface area contributed by atoms with Crippen LogP contribution in [0.5, 0.6) is 0 Å². The average molecular weight is 413 g/mol. The third kappa shape index (κ3) is 2.37. The first-order chi connectivity index (χ1) is 8.34. The van der Waals surface area contributed by atoms with Gasteiger partial charge in [0.25, 0.3) is 0 Å². The van der Waals surface area contributed by atoms with Crippen molar-refractivity contribution in [3.63, 3.8) is 0 Å². The van der Waals surface area contributed by atoms with Crippen LogP contribution in [0.4, 0.5) is 0 Å². The maximum absolute atomic E-state index is 4.46. The fourth-order valence-electron chi connectivity index (χ4n) is 1.99. The molecule has 0 aliphatic rings. The minimum atomic E-state index is 0. The zero-order chi connectivity index (χ0) is 11.7. The van der Waals surface area contributed by atoms with Crippen molar-refractivity contribution in [1.29, 1.82) is 0 Å². The summed E-state index contributed by atoms with van der Waals surface area (Å²) in [6.45, 7) is 2.07. The summed E-state index contributed by atoms with van der Waals surface area (Å²) in [6, 6.07) is 19.8. The molecule has 0 aliphatic carbocycles. The molecule has 1 aromatic heterocycles. The summed E-state index contributed by atoms with van der Waals surface area (Å²) in [5.41, 5.74) is 4.50. The molecule has 0 amide bonds. The van der Waals surface area contributed by atoms with Crippen LogP contribution < -0.4 is 0 Å². The maximum atomic E-state index is 4.46. The minimum Gasteiger partial charge on any atom is -0.266 e. The summed E-state index contributed by atoms with van der Waals surface area (Å²) in [5, 5.41) is 1.17. The second-order valence-electron chi connectivity index (χ2n) is 4.16. The summed E-state index contributed by atoms with van der Waals surface area (Å²) in [6.07, 6.45) is 1.83. The molecule has 1 nitrogen and oxygen atoms in total. The largest absolute Gasteiger partial charge is 0.266 e. The summed E-state index contributed by atoms with van der Waals surface area (Å²) >= 11 is 0. The molecule has 18 heavy (non-hydrogen) atoms. The fraction of sp³-hybridized carbons (Fsp3) is 0.0625. The van der Waals surface area contributed by atoms with Gasteiger partial charge in [-0.2, -0.15) is 0 Å². The Morgan fingerprint density at radius 2 is 1.83 bits per heavy atom. The van der Waals surface area contributed by atoms with Crippen LogP contribution in [0.1, 0.15) is 5.56 Å². The summed E-state index contributed by atoms with van der Waals surface area (Å²) < 4.78 is 0. The Balaban J connectivity index is 0.00000120. The molecule has 0 atom stereocenters. The molecule has 2 aromatic carbocycles. The molecule has 0 unspecified atom stereocenters. The van der Waals surface area contributed by atoms with Gasteiger partial charge in [-0.3, -0.25) is 4.98 Å². The number of aromatic nitrogens is 1. The van der Waals surface area contributed by atoms with Crippen molar-refractivity contribution in [2.24, 2.45) is 0 Å². The smallest absolute Gasteiger partial charge is 0.0366 e. The van der Waals surface area contributed by atoms with E-state index in [1.54, 1.807) is 0 Å². The van der Waals surface area contributed by atoms with Crippen LogP contribution in [0.2, 0.25) is 0 Å². The first-order valence-corrected chi connectivity index (χ1v) is 5.67. The van der Waals surface area contributed by atoms with Crippen molar-refractivity contribution >= 4 is 10.9 Å².